The number of hydrogen-bond acceptors (Lipinski definition) is 5. The topological polar surface area (TPSA) is 86.5 Å². The number of ether oxygens (including phenoxy) is 1. The van der Waals surface area contributed by atoms with Crippen LogP contribution < -0.4 is 4.74 Å². The van der Waals surface area contributed by atoms with E-state index in [0.717, 1.165) is 6.07 Å². The van der Waals surface area contributed by atoms with Crippen LogP contribution in [0.5, 0.6) is 5.75 Å². The Hall–Kier alpha value is -2.54. The molecule has 2 aromatic rings. The molecule has 0 saturated carbocycles. The average Bonchev–Trinajstić information content (AvgIpc) is 2.49. The molecule has 7 heteroatoms. The number of nitro groups is 1. The number of halogens is 1. The monoisotopic (exact) mass is 349 g/mol. The van der Waals surface area contributed by atoms with Crippen molar-refractivity contribution in [3.8, 4) is 5.75 Å². The summed E-state index contributed by atoms with van der Waals surface area (Å²) in [6.45, 7) is 0. The van der Waals surface area contributed by atoms with Crippen LogP contribution in [0.1, 0.15) is 20.7 Å². The van der Waals surface area contributed by atoms with Gasteiger partial charge in [0.25, 0.3) is 5.69 Å². The molecule has 0 heterocycles. The van der Waals surface area contributed by atoms with Crippen molar-refractivity contribution in [2.45, 2.75) is 0 Å². The third-order valence-corrected chi connectivity index (χ3v) is 3.09. The third kappa shape index (κ3) is 3.51. The fraction of sp³-hybridized carbons (Fsp3) is 0. The number of rotatable bonds is 4. The van der Waals surface area contributed by atoms with E-state index in [4.69, 9.17) is 4.74 Å². The Labute approximate surface area is 127 Å². The van der Waals surface area contributed by atoms with Crippen molar-refractivity contribution in [1.82, 2.24) is 0 Å². The lowest BCUT2D eigenvalue weighted by molar-refractivity contribution is -0.384. The quantitative estimate of drug-likeness (QED) is 0.277. The highest BCUT2D eigenvalue weighted by atomic mass is 79.9. The van der Waals surface area contributed by atoms with E-state index in [9.17, 15) is 19.7 Å². The number of carbonyl (C=O) groups excluding carboxylic acids is 2. The van der Waals surface area contributed by atoms with Crippen molar-refractivity contribution in [2.75, 3.05) is 0 Å². The van der Waals surface area contributed by atoms with Crippen LogP contribution >= 0.6 is 15.9 Å². The second-order valence-electron chi connectivity index (χ2n) is 4.00. The Kier molecular flexibility index (Phi) is 4.44. The molecule has 2 aromatic carbocycles. The van der Waals surface area contributed by atoms with Gasteiger partial charge in [-0.05, 0) is 24.3 Å². The second kappa shape index (κ2) is 6.27. The fourth-order valence-electron chi connectivity index (χ4n) is 1.61. The van der Waals surface area contributed by atoms with Gasteiger partial charge >= 0.3 is 5.97 Å². The first-order chi connectivity index (χ1) is 10.0. The Morgan fingerprint density at radius 3 is 2.67 bits per heavy atom. The zero-order chi connectivity index (χ0) is 15.4. The zero-order valence-corrected chi connectivity index (χ0v) is 12.1. The van der Waals surface area contributed by atoms with E-state index in [1.54, 1.807) is 6.07 Å². The summed E-state index contributed by atoms with van der Waals surface area (Å²) >= 11 is 3.20. The summed E-state index contributed by atoms with van der Waals surface area (Å²) in [6.07, 6.45) is 0.556. The Morgan fingerprint density at radius 1 is 1.24 bits per heavy atom. The predicted molar refractivity (Wildman–Crippen MR) is 77.6 cm³/mol. The smallest absolute Gasteiger partial charge is 0.343 e. The maximum Gasteiger partial charge on any atom is 0.343 e. The highest BCUT2D eigenvalue weighted by Gasteiger charge is 2.15. The van der Waals surface area contributed by atoms with Crippen LogP contribution in [-0.4, -0.2) is 17.2 Å². The molecule has 21 heavy (non-hydrogen) atoms. The zero-order valence-electron chi connectivity index (χ0n) is 10.5. The molecule has 0 fully saturated rings. The lowest BCUT2D eigenvalue weighted by Gasteiger charge is -2.07. The minimum atomic E-state index is -0.774. The van der Waals surface area contributed by atoms with Crippen LogP contribution in [0.2, 0.25) is 0 Å². The van der Waals surface area contributed by atoms with E-state index >= 15 is 0 Å². The van der Waals surface area contributed by atoms with Crippen molar-refractivity contribution >= 4 is 33.9 Å². The molecule has 2 rings (SSSR count). The number of hydrogen-bond donors (Lipinski definition) is 0. The summed E-state index contributed by atoms with van der Waals surface area (Å²) in [5.74, 6) is -0.686. The van der Waals surface area contributed by atoms with E-state index in [1.165, 1.54) is 30.3 Å². The summed E-state index contributed by atoms with van der Waals surface area (Å²) in [5, 5.41) is 10.7. The van der Waals surface area contributed by atoms with Crippen LogP contribution in [0.15, 0.2) is 46.9 Å². The maximum absolute atomic E-state index is 12.0. The fourth-order valence-corrected chi connectivity index (χ4v) is 1.99. The largest absolute Gasteiger partial charge is 0.422 e. The molecule has 0 aliphatic rings. The van der Waals surface area contributed by atoms with Gasteiger partial charge in [-0.15, -0.1) is 0 Å². The summed E-state index contributed by atoms with van der Waals surface area (Å²) in [4.78, 5) is 33.0. The average molecular weight is 350 g/mol. The van der Waals surface area contributed by atoms with Gasteiger partial charge in [0.2, 0.25) is 0 Å². The van der Waals surface area contributed by atoms with Gasteiger partial charge in [0.15, 0.2) is 6.29 Å². The van der Waals surface area contributed by atoms with Crippen molar-refractivity contribution in [3.05, 3.63) is 68.2 Å². The Bertz CT molecular complexity index is 729. The third-order valence-electron chi connectivity index (χ3n) is 2.59. The van der Waals surface area contributed by atoms with E-state index in [-0.39, 0.29) is 22.6 Å². The Morgan fingerprint density at radius 2 is 2.00 bits per heavy atom. The molecule has 0 radical (unpaired) electrons. The van der Waals surface area contributed by atoms with Gasteiger partial charge in [-0.25, -0.2) is 4.79 Å². The van der Waals surface area contributed by atoms with E-state index in [1.807, 2.05) is 0 Å². The van der Waals surface area contributed by atoms with Gasteiger partial charge in [-0.2, -0.15) is 0 Å². The lowest BCUT2D eigenvalue weighted by Crippen LogP contribution is -2.10. The number of benzene rings is 2. The van der Waals surface area contributed by atoms with E-state index in [2.05, 4.69) is 15.9 Å². The molecular formula is C14H8BrNO5. The molecule has 0 saturated heterocycles. The molecule has 6 nitrogen and oxygen atoms in total. The maximum atomic E-state index is 12.0. The highest BCUT2D eigenvalue weighted by Crippen LogP contribution is 2.23. The molecular weight excluding hydrogens is 342 g/mol. The summed E-state index contributed by atoms with van der Waals surface area (Å²) in [7, 11) is 0. The highest BCUT2D eigenvalue weighted by molar-refractivity contribution is 9.10. The number of non-ortho nitro benzene ring substituents is 1. The number of aldehydes is 1. The van der Waals surface area contributed by atoms with Gasteiger partial charge in [0.05, 0.1) is 16.1 Å². The van der Waals surface area contributed by atoms with E-state index in [0.29, 0.717) is 10.8 Å². The number of nitrogens with zero attached hydrogens (tertiary/aromatic N) is 1. The second-order valence-corrected chi connectivity index (χ2v) is 4.91. The lowest BCUT2D eigenvalue weighted by atomic mass is 10.2. The van der Waals surface area contributed by atoms with Crippen molar-refractivity contribution in [2.24, 2.45) is 0 Å². The van der Waals surface area contributed by atoms with Crippen LogP contribution in [0.4, 0.5) is 5.69 Å². The van der Waals surface area contributed by atoms with Crippen LogP contribution in [0, 0.1) is 10.1 Å². The van der Waals surface area contributed by atoms with Gasteiger partial charge in [0, 0.05) is 16.6 Å². The van der Waals surface area contributed by atoms with Crippen molar-refractivity contribution in [1.29, 1.82) is 0 Å². The summed E-state index contributed by atoms with van der Waals surface area (Å²) in [6, 6.07) is 9.75. The molecule has 0 aromatic heterocycles. The minimum absolute atomic E-state index is 0.0315. The molecule has 0 atom stereocenters. The molecule has 0 aliphatic carbocycles. The van der Waals surface area contributed by atoms with Crippen molar-refractivity contribution < 1.29 is 19.2 Å². The normalized spacial score (nSPS) is 9.95. The first-order valence-corrected chi connectivity index (χ1v) is 6.52. The van der Waals surface area contributed by atoms with Crippen molar-refractivity contribution in [3.63, 3.8) is 0 Å². The first-order valence-electron chi connectivity index (χ1n) is 5.72. The molecule has 0 N–H and O–H groups in total. The Balaban J connectivity index is 2.28. The molecule has 0 amide bonds. The van der Waals surface area contributed by atoms with Gasteiger partial charge in [-0.3, -0.25) is 14.9 Å². The summed E-state index contributed by atoms with van der Waals surface area (Å²) in [5.41, 5.74) is 0.0167. The van der Waals surface area contributed by atoms with Crippen LogP contribution in [0.3, 0.4) is 0 Å². The number of carbonyl (C=O) groups is 2. The predicted octanol–water partition coefficient (Wildman–Crippen LogP) is 3.39. The standard InChI is InChI=1S/C14H8BrNO5/c15-11-4-5-13(10(6-11)8-17)21-14(18)9-2-1-3-12(7-9)16(19)20/h1-8H. The number of nitro benzene ring substituents is 1. The molecule has 0 bridgehead atoms. The molecule has 106 valence electrons. The number of esters is 1. The summed E-state index contributed by atoms with van der Waals surface area (Å²) < 4.78 is 5.77. The molecule has 0 unspecified atom stereocenters. The first kappa shape index (κ1) is 14.9. The van der Waals surface area contributed by atoms with Gasteiger partial charge in [-0.1, -0.05) is 22.0 Å². The van der Waals surface area contributed by atoms with E-state index < -0.39 is 10.9 Å². The van der Waals surface area contributed by atoms with Crippen LogP contribution in [0.25, 0.3) is 0 Å². The SMILES string of the molecule is O=Cc1cc(Br)ccc1OC(=O)c1cccc([N+](=O)[O-])c1. The molecule has 0 spiro atoms. The van der Waals surface area contributed by atoms with Gasteiger partial charge < -0.3 is 4.74 Å². The molecule has 0 aliphatic heterocycles. The van der Waals surface area contributed by atoms with Crippen LogP contribution in [-0.2, 0) is 0 Å². The minimum Gasteiger partial charge on any atom is -0.422 e. The van der Waals surface area contributed by atoms with Gasteiger partial charge in [0.1, 0.15) is 5.75 Å².